The van der Waals surface area contributed by atoms with E-state index >= 15 is 0 Å². The van der Waals surface area contributed by atoms with Gasteiger partial charge in [-0.25, -0.2) is 0 Å². The maximum Gasteiger partial charge on any atom is 0.253 e. The van der Waals surface area contributed by atoms with Crippen molar-refractivity contribution in [2.45, 2.75) is 24.3 Å². The van der Waals surface area contributed by atoms with E-state index < -0.39 is 0 Å². The lowest BCUT2D eigenvalue weighted by Gasteiger charge is -2.29. The van der Waals surface area contributed by atoms with E-state index in [9.17, 15) is 14.4 Å². The molecule has 28 heavy (non-hydrogen) atoms. The highest BCUT2D eigenvalue weighted by Crippen LogP contribution is 2.36. The molecule has 146 valence electrons. The van der Waals surface area contributed by atoms with Gasteiger partial charge in [0.25, 0.3) is 5.91 Å². The zero-order chi connectivity index (χ0) is 19.5. The second-order valence-corrected chi connectivity index (χ2v) is 7.82. The Morgan fingerprint density at radius 1 is 1.18 bits per heavy atom. The lowest BCUT2D eigenvalue weighted by atomic mass is 10.1. The molecule has 4 rings (SSSR count). The Hall–Kier alpha value is -2.74. The largest absolute Gasteiger partial charge is 0.467 e. The molecule has 0 spiro atoms. The Bertz CT molecular complexity index is 891. The number of amides is 3. The molecule has 0 saturated carbocycles. The number of rotatable bonds is 5. The molecule has 0 unspecified atom stereocenters. The Balaban J connectivity index is 1.50. The number of hydrogen-bond acceptors (Lipinski definition) is 5. The normalized spacial score (nSPS) is 16.2. The number of thioether (sulfide) groups is 1. The van der Waals surface area contributed by atoms with Gasteiger partial charge < -0.3 is 19.5 Å². The van der Waals surface area contributed by atoms with Crippen LogP contribution >= 0.6 is 11.8 Å². The van der Waals surface area contributed by atoms with E-state index in [0.29, 0.717) is 17.0 Å². The van der Waals surface area contributed by atoms with Crippen molar-refractivity contribution in [3.63, 3.8) is 0 Å². The van der Waals surface area contributed by atoms with Gasteiger partial charge in [-0.15, -0.1) is 11.8 Å². The van der Waals surface area contributed by atoms with E-state index in [1.54, 1.807) is 30.5 Å². The molecule has 2 aliphatic heterocycles. The predicted molar refractivity (Wildman–Crippen MR) is 105 cm³/mol. The molecule has 1 aromatic heterocycles. The number of likely N-dealkylation sites (tertiary alicyclic amines) is 1. The topological polar surface area (TPSA) is 82.9 Å². The van der Waals surface area contributed by atoms with Crippen LogP contribution in [-0.4, -0.2) is 48.0 Å². The van der Waals surface area contributed by atoms with Crippen molar-refractivity contribution in [3.05, 3.63) is 47.9 Å². The number of nitrogens with zero attached hydrogens (tertiary/aromatic N) is 2. The van der Waals surface area contributed by atoms with Gasteiger partial charge in [-0.1, -0.05) is 0 Å². The van der Waals surface area contributed by atoms with Gasteiger partial charge in [0.15, 0.2) is 0 Å². The van der Waals surface area contributed by atoms with Crippen LogP contribution in [-0.2, 0) is 16.1 Å². The molecule has 1 fully saturated rings. The average Bonchev–Trinajstić information content (AvgIpc) is 3.42. The van der Waals surface area contributed by atoms with Crippen molar-refractivity contribution in [1.29, 1.82) is 0 Å². The zero-order valence-corrected chi connectivity index (χ0v) is 16.2. The number of nitrogens with one attached hydrogen (secondary N) is 1. The molecule has 0 atom stereocenters. The van der Waals surface area contributed by atoms with Gasteiger partial charge in [0, 0.05) is 23.5 Å². The molecule has 1 saturated heterocycles. The molecule has 0 radical (unpaired) electrons. The third kappa shape index (κ3) is 3.91. The molecule has 3 heterocycles. The van der Waals surface area contributed by atoms with Crippen molar-refractivity contribution in [3.8, 4) is 0 Å². The quantitative estimate of drug-likeness (QED) is 0.834. The standard InChI is InChI=1S/C20H21N3O4S/c24-18(21-11-15-4-3-9-27-15)12-23-16-10-14(20(26)22-7-1-2-8-22)5-6-17(16)28-13-19(23)25/h3-6,9-10H,1-2,7-8,11-13H2,(H,21,24). The van der Waals surface area contributed by atoms with Crippen LogP contribution in [0.15, 0.2) is 45.9 Å². The summed E-state index contributed by atoms with van der Waals surface area (Å²) >= 11 is 1.43. The summed E-state index contributed by atoms with van der Waals surface area (Å²) in [4.78, 5) is 41.7. The summed E-state index contributed by atoms with van der Waals surface area (Å²) in [6.07, 6.45) is 3.59. The Labute approximate surface area is 167 Å². The molecule has 1 N–H and O–H groups in total. The van der Waals surface area contributed by atoms with E-state index in [2.05, 4.69) is 5.32 Å². The minimum absolute atomic E-state index is 0.0226. The van der Waals surface area contributed by atoms with Crippen molar-refractivity contribution in [2.24, 2.45) is 0 Å². The maximum atomic E-state index is 12.7. The van der Waals surface area contributed by atoms with Crippen molar-refractivity contribution in [2.75, 3.05) is 30.3 Å². The fourth-order valence-electron chi connectivity index (χ4n) is 3.41. The SMILES string of the molecule is O=C(CN1C(=O)CSc2ccc(C(=O)N3CCCC3)cc21)NCc1ccco1. The molecule has 2 aliphatic rings. The van der Waals surface area contributed by atoms with Gasteiger partial charge in [0.2, 0.25) is 11.8 Å². The third-order valence-electron chi connectivity index (χ3n) is 4.88. The van der Waals surface area contributed by atoms with Gasteiger partial charge >= 0.3 is 0 Å². The maximum absolute atomic E-state index is 12.7. The van der Waals surface area contributed by atoms with Crippen LogP contribution in [0.1, 0.15) is 29.0 Å². The first kappa shape index (κ1) is 18.6. The number of carbonyl (C=O) groups excluding carboxylic acids is 3. The van der Waals surface area contributed by atoms with E-state index in [0.717, 1.165) is 30.8 Å². The van der Waals surface area contributed by atoms with E-state index in [1.807, 2.05) is 11.0 Å². The lowest BCUT2D eigenvalue weighted by Crippen LogP contribution is -2.43. The van der Waals surface area contributed by atoms with Gasteiger partial charge in [-0.05, 0) is 43.2 Å². The molecule has 8 heteroatoms. The summed E-state index contributed by atoms with van der Waals surface area (Å²) in [6, 6.07) is 8.93. The molecule has 1 aromatic carbocycles. The van der Waals surface area contributed by atoms with E-state index in [1.165, 1.54) is 16.7 Å². The van der Waals surface area contributed by atoms with E-state index in [4.69, 9.17) is 4.42 Å². The number of benzene rings is 1. The fourth-order valence-corrected chi connectivity index (χ4v) is 4.33. The van der Waals surface area contributed by atoms with Gasteiger partial charge in [-0.2, -0.15) is 0 Å². The van der Waals surface area contributed by atoms with E-state index in [-0.39, 0.29) is 36.6 Å². The smallest absolute Gasteiger partial charge is 0.253 e. The number of anilines is 1. The van der Waals surface area contributed by atoms with Crippen LogP contribution in [0.3, 0.4) is 0 Å². The second-order valence-electron chi connectivity index (χ2n) is 6.81. The highest BCUT2D eigenvalue weighted by molar-refractivity contribution is 8.00. The number of furan rings is 1. The first-order valence-electron chi connectivity index (χ1n) is 9.27. The van der Waals surface area contributed by atoms with Crippen LogP contribution in [0.2, 0.25) is 0 Å². The molecule has 0 aliphatic carbocycles. The Morgan fingerprint density at radius 3 is 2.75 bits per heavy atom. The van der Waals surface area contributed by atoms with Gasteiger partial charge in [-0.3, -0.25) is 14.4 Å². The second kappa shape index (κ2) is 8.10. The highest BCUT2D eigenvalue weighted by Gasteiger charge is 2.28. The first-order valence-corrected chi connectivity index (χ1v) is 10.3. The van der Waals surface area contributed by atoms with Crippen LogP contribution in [0.4, 0.5) is 5.69 Å². The summed E-state index contributed by atoms with van der Waals surface area (Å²) in [7, 11) is 0. The van der Waals surface area contributed by atoms with Gasteiger partial charge in [0.05, 0.1) is 24.2 Å². The van der Waals surface area contributed by atoms with Crippen LogP contribution < -0.4 is 10.2 Å². The minimum Gasteiger partial charge on any atom is -0.467 e. The molecule has 7 nitrogen and oxygen atoms in total. The van der Waals surface area contributed by atoms with Crippen LogP contribution in [0.5, 0.6) is 0 Å². The Kier molecular flexibility index (Phi) is 5.38. The van der Waals surface area contributed by atoms with Crippen molar-refractivity contribution >= 4 is 35.2 Å². The number of carbonyl (C=O) groups is 3. The number of fused-ring (bicyclic) bond motifs is 1. The summed E-state index contributed by atoms with van der Waals surface area (Å²) in [6.45, 7) is 1.71. The van der Waals surface area contributed by atoms with Crippen LogP contribution in [0.25, 0.3) is 0 Å². The molecular formula is C20H21N3O4S. The average molecular weight is 399 g/mol. The van der Waals surface area contributed by atoms with Gasteiger partial charge in [0.1, 0.15) is 12.3 Å². The molecule has 2 aromatic rings. The fraction of sp³-hybridized carbons (Fsp3) is 0.350. The summed E-state index contributed by atoms with van der Waals surface area (Å²) < 4.78 is 5.20. The summed E-state index contributed by atoms with van der Waals surface area (Å²) in [5.41, 5.74) is 1.18. The molecule has 0 bridgehead atoms. The van der Waals surface area contributed by atoms with Crippen LogP contribution in [0, 0.1) is 0 Å². The van der Waals surface area contributed by atoms with Crippen molar-refractivity contribution < 1.29 is 18.8 Å². The molecular weight excluding hydrogens is 378 g/mol. The highest BCUT2D eigenvalue weighted by atomic mass is 32.2. The summed E-state index contributed by atoms with van der Waals surface area (Å²) in [5.74, 6) is 0.478. The lowest BCUT2D eigenvalue weighted by molar-refractivity contribution is -0.123. The zero-order valence-electron chi connectivity index (χ0n) is 15.3. The predicted octanol–water partition coefficient (Wildman–Crippen LogP) is 2.27. The minimum atomic E-state index is -0.279. The Morgan fingerprint density at radius 2 is 2.00 bits per heavy atom. The first-order chi connectivity index (χ1) is 13.6. The third-order valence-corrected chi connectivity index (χ3v) is 5.93. The summed E-state index contributed by atoms with van der Waals surface area (Å²) in [5, 5.41) is 2.76. The molecule has 3 amide bonds. The monoisotopic (exact) mass is 399 g/mol. The number of hydrogen-bond donors (Lipinski definition) is 1. The van der Waals surface area contributed by atoms with Crippen molar-refractivity contribution in [1.82, 2.24) is 10.2 Å².